The molecule has 3 aliphatic rings. The van der Waals surface area contributed by atoms with Gasteiger partial charge in [-0.05, 0) is 50.0 Å². The van der Waals surface area contributed by atoms with E-state index in [9.17, 15) is 19.5 Å². The lowest BCUT2D eigenvalue weighted by atomic mass is 9.66. The van der Waals surface area contributed by atoms with Crippen molar-refractivity contribution < 1.29 is 24.2 Å². The van der Waals surface area contributed by atoms with Crippen LogP contribution in [0.3, 0.4) is 0 Å². The van der Waals surface area contributed by atoms with E-state index in [0.29, 0.717) is 26.2 Å². The fraction of sp³-hybridized carbons (Fsp3) is 0.606. The molecule has 1 spiro atoms. The molecule has 3 aliphatic heterocycles. The minimum Gasteiger partial charge on any atom is -0.465 e. The highest BCUT2D eigenvalue weighted by molar-refractivity contribution is 8.02. The van der Waals surface area contributed by atoms with Crippen molar-refractivity contribution in [1.82, 2.24) is 9.80 Å². The first kappa shape index (κ1) is 31.4. The zero-order valence-corrected chi connectivity index (χ0v) is 25.2. The van der Waals surface area contributed by atoms with Crippen molar-refractivity contribution in [3.63, 3.8) is 0 Å². The quantitative estimate of drug-likeness (QED) is 0.158. The Balaban J connectivity index is 1.62. The average molecular weight is 583 g/mol. The number of carbonyl (C=O) groups excluding carboxylic acids is 3. The molecule has 2 bridgehead atoms. The topological polar surface area (TPSA) is 87.2 Å². The second-order valence-corrected chi connectivity index (χ2v) is 13.2. The highest BCUT2D eigenvalue weighted by atomic mass is 32.2. The van der Waals surface area contributed by atoms with Gasteiger partial charge in [0.1, 0.15) is 6.04 Å². The number of thioether (sulfide) groups is 1. The van der Waals surface area contributed by atoms with Crippen LogP contribution in [0.25, 0.3) is 0 Å². The van der Waals surface area contributed by atoms with E-state index >= 15 is 0 Å². The first-order chi connectivity index (χ1) is 19.9. The lowest BCUT2D eigenvalue weighted by molar-refractivity contribution is -0.154. The van der Waals surface area contributed by atoms with Crippen molar-refractivity contribution in [2.24, 2.45) is 17.8 Å². The predicted octanol–water partition coefficient (Wildman–Crippen LogP) is 4.99. The van der Waals surface area contributed by atoms with Crippen molar-refractivity contribution in [1.29, 1.82) is 0 Å². The molecule has 3 unspecified atom stereocenters. The Labute approximate surface area is 249 Å². The maximum absolute atomic E-state index is 14.6. The lowest BCUT2D eigenvalue weighted by Crippen LogP contribution is -2.57. The summed E-state index contributed by atoms with van der Waals surface area (Å²) in [6, 6.07) is 9.24. The number of nitrogens with zero attached hydrogens (tertiary/aromatic N) is 2. The maximum Gasteiger partial charge on any atom is 0.310 e. The molecule has 1 aromatic rings. The smallest absolute Gasteiger partial charge is 0.310 e. The minimum atomic E-state index is -0.660. The van der Waals surface area contributed by atoms with Gasteiger partial charge in [-0.1, -0.05) is 62.2 Å². The number of hydrogen-bond acceptors (Lipinski definition) is 6. The van der Waals surface area contributed by atoms with Crippen molar-refractivity contribution in [3.05, 3.63) is 61.2 Å². The molecule has 1 aromatic carbocycles. The highest BCUT2D eigenvalue weighted by Gasteiger charge is 2.76. The number of unbranched alkanes of at least 4 members (excludes halogenated alkanes) is 5. The summed E-state index contributed by atoms with van der Waals surface area (Å²) < 4.78 is 5.09. The van der Waals surface area contributed by atoms with E-state index < -0.39 is 22.6 Å². The molecular weight excluding hydrogens is 536 g/mol. The van der Waals surface area contributed by atoms with Gasteiger partial charge in [0.05, 0.1) is 23.2 Å². The molecule has 3 saturated heterocycles. The molecular formula is C33H46N2O5S. The number of amides is 2. The zero-order chi connectivity index (χ0) is 29.4. The van der Waals surface area contributed by atoms with Gasteiger partial charge in [0.2, 0.25) is 11.8 Å². The summed E-state index contributed by atoms with van der Waals surface area (Å²) in [4.78, 5) is 45.9. The molecule has 0 radical (unpaired) electrons. The van der Waals surface area contributed by atoms with Gasteiger partial charge in [0, 0.05) is 31.5 Å². The summed E-state index contributed by atoms with van der Waals surface area (Å²) in [7, 11) is 0. The number of esters is 1. The molecule has 41 heavy (non-hydrogen) atoms. The Kier molecular flexibility index (Phi) is 11.1. The molecule has 0 aliphatic carbocycles. The molecule has 7 nitrogen and oxygen atoms in total. The first-order valence-corrected chi connectivity index (χ1v) is 16.1. The number of rotatable bonds is 17. The number of carbonyl (C=O) groups is 3. The molecule has 0 aromatic heterocycles. The summed E-state index contributed by atoms with van der Waals surface area (Å²) in [5.74, 6) is -1.43. The van der Waals surface area contributed by atoms with Gasteiger partial charge in [-0.3, -0.25) is 14.4 Å². The SMILES string of the molecule is C=CCCCCOC(=O)[C@@H]1[C@@H]2CC(C)C3(S2)C(C(=O)N(CC=C)Cc2ccccc2)N(CCCCCCO)C(=O)[C@H]13. The van der Waals surface area contributed by atoms with Crippen LogP contribution in [0.2, 0.25) is 0 Å². The average Bonchev–Trinajstić information content (AvgIpc) is 3.56. The third kappa shape index (κ3) is 6.43. The maximum atomic E-state index is 14.6. The van der Waals surface area contributed by atoms with Crippen molar-refractivity contribution in [3.8, 4) is 0 Å². The Hall–Kier alpha value is -2.58. The molecule has 2 amide bonds. The number of ether oxygens (including phenoxy) is 1. The van der Waals surface area contributed by atoms with Gasteiger partial charge < -0.3 is 19.6 Å². The van der Waals surface area contributed by atoms with Crippen LogP contribution in [0.1, 0.15) is 63.9 Å². The Morgan fingerprint density at radius 1 is 1.12 bits per heavy atom. The van der Waals surface area contributed by atoms with Crippen LogP contribution in [-0.2, 0) is 25.7 Å². The van der Waals surface area contributed by atoms with E-state index in [4.69, 9.17) is 4.74 Å². The number of benzene rings is 1. The molecule has 224 valence electrons. The molecule has 8 heteroatoms. The predicted molar refractivity (Wildman–Crippen MR) is 163 cm³/mol. The van der Waals surface area contributed by atoms with Gasteiger partial charge in [-0.15, -0.1) is 24.9 Å². The molecule has 0 saturated carbocycles. The first-order valence-electron chi connectivity index (χ1n) is 15.2. The summed E-state index contributed by atoms with van der Waals surface area (Å²) in [5, 5.41) is 9.16. The van der Waals surface area contributed by atoms with Crippen LogP contribution in [0, 0.1) is 17.8 Å². The molecule has 3 heterocycles. The molecule has 3 fully saturated rings. The summed E-state index contributed by atoms with van der Waals surface area (Å²) >= 11 is 1.69. The van der Waals surface area contributed by atoms with Crippen molar-refractivity contribution >= 4 is 29.5 Å². The Morgan fingerprint density at radius 2 is 1.88 bits per heavy atom. The van der Waals surface area contributed by atoms with E-state index in [1.54, 1.807) is 22.7 Å². The number of allylic oxidation sites excluding steroid dienone is 1. The highest BCUT2D eigenvalue weighted by Crippen LogP contribution is 2.68. The Bertz CT molecular complexity index is 1080. The van der Waals surface area contributed by atoms with Crippen LogP contribution >= 0.6 is 11.8 Å². The number of likely N-dealkylation sites (tertiary alicyclic amines) is 1. The van der Waals surface area contributed by atoms with Gasteiger partial charge in [-0.25, -0.2) is 0 Å². The zero-order valence-electron chi connectivity index (χ0n) is 24.4. The molecule has 1 N–H and O–H groups in total. The van der Waals surface area contributed by atoms with E-state index in [0.717, 1.165) is 56.9 Å². The minimum absolute atomic E-state index is 0.0244. The molecule has 6 atom stereocenters. The summed E-state index contributed by atoms with van der Waals surface area (Å²) in [6.07, 6.45) is 10.1. The fourth-order valence-corrected chi connectivity index (χ4v) is 9.48. The third-order valence-electron chi connectivity index (χ3n) is 8.98. The number of hydrogen-bond donors (Lipinski definition) is 1. The number of aliphatic hydroxyl groups excluding tert-OH is 1. The van der Waals surface area contributed by atoms with E-state index in [-0.39, 0.29) is 35.6 Å². The Morgan fingerprint density at radius 3 is 2.59 bits per heavy atom. The van der Waals surface area contributed by atoms with Gasteiger partial charge >= 0.3 is 5.97 Å². The normalized spacial score (nSPS) is 28.0. The monoisotopic (exact) mass is 582 g/mol. The van der Waals surface area contributed by atoms with Crippen LogP contribution in [0.15, 0.2) is 55.6 Å². The summed E-state index contributed by atoms with van der Waals surface area (Å²) in [6.45, 7) is 11.6. The van der Waals surface area contributed by atoms with E-state index in [1.165, 1.54) is 0 Å². The van der Waals surface area contributed by atoms with Crippen LogP contribution < -0.4 is 0 Å². The fourth-order valence-electron chi connectivity index (χ4n) is 7.08. The van der Waals surface area contributed by atoms with Crippen molar-refractivity contribution in [2.75, 3.05) is 26.3 Å². The largest absolute Gasteiger partial charge is 0.465 e. The van der Waals surface area contributed by atoms with E-state index in [2.05, 4.69) is 20.1 Å². The second kappa shape index (κ2) is 14.5. The van der Waals surface area contributed by atoms with Crippen molar-refractivity contribution in [2.45, 2.75) is 80.9 Å². The standard InChI is InChI=1S/C33H46N2O5S/c1-4-6-7-15-21-40-32(39)27-26-22-24(3)33(41-26)28(27)30(37)35(19-13-8-9-14-20-36)29(33)31(38)34(18-5-2)23-25-16-11-10-12-17-25/h4-5,10-12,16-17,24,26-29,36H,1-2,6-9,13-15,18-23H2,3H3/t24?,26-,27+,28-,29?,33?/m0/s1. The number of fused-ring (bicyclic) bond motifs is 1. The second-order valence-electron chi connectivity index (χ2n) is 11.7. The van der Waals surface area contributed by atoms with Crippen LogP contribution in [-0.4, -0.2) is 75.0 Å². The number of aliphatic hydroxyl groups is 1. The van der Waals surface area contributed by atoms with E-state index in [1.807, 2.05) is 41.3 Å². The van der Waals surface area contributed by atoms with Crippen LogP contribution in [0.4, 0.5) is 0 Å². The van der Waals surface area contributed by atoms with Crippen LogP contribution in [0.5, 0.6) is 0 Å². The lowest BCUT2D eigenvalue weighted by Gasteiger charge is -2.40. The van der Waals surface area contributed by atoms with Gasteiger partial charge in [0.15, 0.2) is 0 Å². The van der Waals surface area contributed by atoms with Gasteiger partial charge in [-0.2, -0.15) is 0 Å². The third-order valence-corrected chi connectivity index (χ3v) is 11.1. The molecule has 4 rings (SSSR count). The van der Waals surface area contributed by atoms with Gasteiger partial charge in [0.25, 0.3) is 0 Å². The summed E-state index contributed by atoms with van der Waals surface area (Å²) in [5.41, 5.74) is 1.02.